The lowest BCUT2D eigenvalue weighted by Gasteiger charge is -2.01. The summed E-state index contributed by atoms with van der Waals surface area (Å²) in [6, 6.07) is 4.82. The van der Waals surface area contributed by atoms with Crippen LogP contribution in [0.25, 0.3) is 11.3 Å². The van der Waals surface area contributed by atoms with Crippen LogP contribution in [0.2, 0.25) is 0 Å². The van der Waals surface area contributed by atoms with Gasteiger partial charge in [0.2, 0.25) is 0 Å². The molecule has 0 aliphatic heterocycles. The molecule has 0 fully saturated rings. The smallest absolute Gasteiger partial charge is 0.185 e. The average molecular weight is 287 g/mol. The maximum Gasteiger partial charge on any atom is 0.185 e. The molecule has 16 heavy (non-hydrogen) atoms. The molecule has 1 aromatic carbocycles. The molecule has 0 aliphatic carbocycles. The van der Waals surface area contributed by atoms with Crippen LogP contribution in [0.1, 0.15) is 10.6 Å². The highest BCUT2D eigenvalue weighted by Crippen LogP contribution is 2.28. The molecule has 2 aromatic rings. The van der Waals surface area contributed by atoms with E-state index in [0.717, 1.165) is 12.1 Å². The Labute approximate surface area is 98.0 Å². The number of carbonyl (C=O) groups is 1. The van der Waals surface area contributed by atoms with Crippen molar-refractivity contribution in [2.45, 2.75) is 0 Å². The third kappa shape index (κ3) is 1.90. The van der Waals surface area contributed by atoms with Crippen LogP contribution in [0.3, 0.4) is 0 Å². The number of hydrogen-bond acceptors (Lipinski definition) is 2. The summed E-state index contributed by atoms with van der Waals surface area (Å²) in [6.45, 7) is 0. The molecule has 1 aromatic heterocycles. The quantitative estimate of drug-likeness (QED) is 0.621. The van der Waals surface area contributed by atoms with E-state index in [2.05, 4.69) is 15.9 Å². The van der Waals surface area contributed by atoms with Gasteiger partial charge < -0.3 is 4.42 Å². The summed E-state index contributed by atoms with van der Waals surface area (Å²) >= 11 is 2.87. The van der Waals surface area contributed by atoms with Gasteiger partial charge in [0, 0.05) is 0 Å². The van der Waals surface area contributed by atoms with Crippen molar-refractivity contribution in [3.8, 4) is 11.3 Å². The molecule has 82 valence electrons. The number of halogens is 3. The van der Waals surface area contributed by atoms with Crippen molar-refractivity contribution in [2.24, 2.45) is 0 Å². The van der Waals surface area contributed by atoms with Gasteiger partial charge in [-0.1, -0.05) is 0 Å². The van der Waals surface area contributed by atoms with Gasteiger partial charge in [-0.3, -0.25) is 4.79 Å². The van der Waals surface area contributed by atoms with Crippen molar-refractivity contribution in [3.05, 3.63) is 46.1 Å². The van der Waals surface area contributed by atoms with Crippen LogP contribution in [0.15, 0.2) is 33.2 Å². The minimum atomic E-state index is -0.625. The molecule has 0 N–H and O–H groups in total. The normalized spacial score (nSPS) is 10.4. The van der Waals surface area contributed by atoms with Gasteiger partial charge in [-0.05, 0) is 40.2 Å². The van der Waals surface area contributed by atoms with Crippen LogP contribution < -0.4 is 0 Å². The molecule has 2 nitrogen and oxygen atoms in total. The summed E-state index contributed by atoms with van der Waals surface area (Å²) in [5.74, 6) is -1.04. The molecular formula is C11H5BrF2O2. The molecule has 0 saturated heterocycles. The Hall–Kier alpha value is -1.49. The fourth-order valence-corrected chi connectivity index (χ4v) is 1.59. The first-order valence-electron chi connectivity index (χ1n) is 4.31. The van der Waals surface area contributed by atoms with E-state index in [0.29, 0.717) is 6.29 Å². The van der Waals surface area contributed by atoms with Crippen LogP contribution in [0.5, 0.6) is 0 Å². The highest BCUT2D eigenvalue weighted by molar-refractivity contribution is 9.10. The Morgan fingerprint density at radius 2 is 1.94 bits per heavy atom. The number of benzene rings is 1. The van der Waals surface area contributed by atoms with Crippen LogP contribution in [0, 0.1) is 11.6 Å². The number of hydrogen-bond donors (Lipinski definition) is 0. The van der Waals surface area contributed by atoms with Gasteiger partial charge in [-0.15, -0.1) is 0 Å². The Bertz CT molecular complexity index is 549. The predicted octanol–water partition coefficient (Wildman–Crippen LogP) is 3.80. The summed E-state index contributed by atoms with van der Waals surface area (Å²) in [5, 5.41) is 0. The van der Waals surface area contributed by atoms with Crippen molar-refractivity contribution in [1.82, 2.24) is 0 Å². The van der Waals surface area contributed by atoms with Crippen LogP contribution in [-0.2, 0) is 0 Å². The van der Waals surface area contributed by atoms with Crippen molar-refractivity contribution in [3.63, 3.8) is 0 Å². The zero-order chi connectivity index (χ0) is 11.7. The molecule has 2 rings (SSSR count). The van der Waals surface area contributed by atoms with E-state index in [4.69, 9.17) is 4.42 Å². The molecule has 0 saturated carbocycles. The lowest BCUT2D eigenvalue weighted by atomic mass is 10.1. The Morgan fingerprint density at radius 3 is 2.56 bits per heavy atom. The lowest BCUT2D eigenvalue weighted by molar-refractivity contribution is 0.110. The molecular weight excluding hydrogens is 282 g/mol. The lowest BCUT2D eigenvalue weighted by Crippen LogP contribution is -1.86. The molecule has 0 amide bonds. The van der Waals surface area contributed by atoms with E-state index >= 15 is 0 Å². The van der Waals surface area contributed by atoms with Gasteiger partial charge in [0.1, 0.15) is 17.4 Å². The number of carbonyl (C=O) groups excluding carboxylic acids is 1. The molecule has 0 radical (unpaired) electrons. The largest absolute Gasteiger partial charge is 0.453 e. The van der Waals surface area contributed by atoms with Crippen LogP contribution >= 0.6 is 15.9 Å². The van der Waals surface area contributed by atoms with Crippen molar-refractivity contribution in [1.29, 1.82) is 0 Å². The highest BCUT2D eigenvalue weighted by Gasteiger charge is 2.13. The fourth-order valence-electron chi connectivity index (χ4n) is 1.27. The summed E-state index contributed by atoms with van der Waals surface area (Å²) in [6.07, 6.45) is 0.497. The van der Waals surface area contributed by atoms with Crippen molar-refractivity contribution in [2.75, 3.05) is 0 Å². The van der Waals surface area contributed by atoms with Gasteiger partial charge in [0.25, 0.3) is 0 Å². The van der Waals surface area contributed by atoms with Gasteiger partial charge in [0.15, 0.2) is 12.0 Å². The van der Waals surface area contributed by atoms with Crippen molar-refractivity contribution < 1.29 is 18.0 Å². The standard InChI is InChI=1S/C11H5BrF2O2/c12-8-4-9(13)7(3-10(8)14)11-2-1-6(5-15)16-11/h1-5H. The van der Waals surface area contributed by atoms with E-state index in [1.807, 2.05) is 0 Å². The summed E-state index contributed by atoms with van der Waals surface area (Å²) < 4.78 is 31.7. The van der Waals surface area contributed by atoms with E-state index in [1.54, 1.807) is 0 Å². The summed E-state index contributed by atoms with van der Waals surface area (Å²) in [7, 11) is 0. The SMILES string of the molecule is O=Cc1ccc(-c2cc(F)c(Br)cc2F)o1. The Balaban J connectivity index is 2.55. The van der Waals surface area contributed by atoms with Crippen LogP contribution in [0.4, 0.5) is 8.78 Å². The second-order valence-electron chi connectivity index (χ2n) is 3.07. The first-order valence-corrected chi connectivity index (χ1v) is 5.11. The first-order chi connectivity index (χ1) is 7.61. The van der Waals surface area contributed by atoms with E-state index in [9.17, 15) is 13.6 Å². The predicted molar refractivity (Wildman–Crippen MR) is 57.1 cm³/mol. The number of aldehydes is 1. The maximum absolute atomic E-state index is 13.5. The maximum atomic E-state index is 13.5. The minimum absolute atomic E-state index is 0.0196. The molecule has 0 bridgehead atoms. The highest BCUT2D eigenvalue weighted by atomic mass is 79.9. The fraction of sp³-hybridized carbons (Fsp3) is 0. The second-order valence-corrected chi connectivity index (χ2v) is 3.92. The van der Waals surface area contributed by atoms with Crippen molar-refractivity contribution >= 4 is 22.2 Å². The van der Waals surface area contributed by atoms with E-state index in [-0.39, 0.29) is 21.6 Å². The van der Waals surface area contributed by atoms with E-state index in [1.165, 1.54) is 12.1 Å². The Kier molecular flexibility index (Phi) is 2.87. The minimum Gasteiger partial charge on any atom is -0.453 e. The van der Waals surface area contributed by atoms with Gasteiger partial charge in [-0.2, -0.15) is 0 Å². The molecule has 1 heterocycles. The zero-order valence-electron chi connectivity index (χ0n) is 7.84. The van der Waals surface area contributed by atoms with Gasteiger partial charge >= 0.3 is 0 Å². The zero-order valence-corrected chi connectivity index (χ0v) is 9.42. The third-order valence-electron chi connectivity index (χ3n) is 2.02. The third-order valence-corrected chi connectivity index (χ3v) is 2.63. The monoisotopic (exact) mass is 286 g/mol. The average Bonchev–Trinajstić information content (AvgIpc) is 2.71. The molecule has 0 unspecified atom stereocenters. The molecule has 5 heteroatoms. The first kappa shape index (κ1) is 11.0. The number of rotatable bonds is 2. The topological polar surface area (TPSA) is 30.2 Å². The molecule has 0 atom stereocenters. The van der Waals surface area contributed by atoms with Gasteiger partial charge in [-0.25, -0.2) is 8.78 Å². The Morgan fingerprint density at radius 1 is 1.19 bits per heavy atom. The summed E-state index contributed by atoms with van der Waals surface area (Å²) in [4.78, 5) is 10.4. The summed E-state index contributed by atoms with van der Waals surface area (Å²) in [5.41, 5.74) is -0.0196. The second kappa shape index (κ2) is 4.17. The van der Waals surface area contributed by atoms with E-state index < -0.39 is 11.6 Å². The number of furan rings is 1. The van der Waals surface area contributed by atoms with Crippen LogP contribution in [-0.4, -0.2) is 6.29 Å². The van der Waals surface area contributed by atoms with Gasteiger partial charge in [0.05, 0.1) is 10.0 Å². The molecule has 0 spiro atoms. The molecule has 0 aliphatic rings.